The topological polar surface area (TPSA) is 83.0 Å². The first-order valence-corrected chi connectivity index (χ1v) is 8.69. The Morgan fingerprint density at radius 2 is 2.08 bits per heavy atom. The van der Waals surface area contributed by atoms with Crippen LogP contribution in [0, 0.1) is 0 Å². The first kappa shape index (κ1) is 17.4. The minimum absolute atomic E-state index is 0.0568. The van der Waals surface area contributed by atoms with E-state index in [4.69, 9.17) is 4.74 Å². The predicted octanol–water partition coefficient (Wildman–Crippen LogP) is 1.21. The summed E-state index contributed by atoms with van der Waals surface area (Å²) in [6.07, 6.45) is 3.01. The number of carbonyl (C=O) groups excluding carboxylic acids is 2. The first-order chi connectivity index (χ1) is 12.2. The second-order valence-electron chi connectivity index (χ2n) is 6.30. The molecule has 2 aliphatic rings. The highest BCUT2D eigenvalue weighted by atomic mass is 16.5. The zero-order valence-corrected chi connectivity index (χ0v) is 14.5. The van der Waals surface area contributed by atoms with Gasteiger partial charge in [-0.2, -0.15) is 5.10 Å². The van der Waals surface area contributed by atoms with E-state index in [1.165, 1.54) is 12.8 Å². The van der Waals surface area contributed by atoms with Crippen LogP contribution in [-0.4, -0.2) is 49.2 Å². The third-order valence-corrected chi connectivity index (χ3v) is 4.70. The summed E-state index contributed by atoms with van der Waals surface area (Å²) < 4.78 is 5.51. The molecule has 1 atom stereocenters. The fraction of sp³-hybridized carbons (Fsp3) is 0.500. The van der Waals surface area contributed by atoms with Gasteiger partial charge in [-0.15, -0.1) is 0 Å². The number of amides is 2. The molecular weight excluding hydrogens is 320 g/mol. The predicted molar refractivity (Wildman–Crippen MR) is 94.4 cm³/mol. The monoisotopic (exact) mass is 344 g/mol. The van der Waals surface area contributed by atoms with Gasteiger partial charge in [-0.25, -0.2) is 5.43 Å². The van der Waals surface area contributed by atoms with E-state index in [1.54, 1.807) is 7.11 Å². The summed E-state index contributed by atoms with van der Waals surface area (Å²) in [6.45, 7) is 2.50. The summed E-state index contributed by atoms with van der Waals surface area (Å²) in [4.78, 5) is 25.9. The highest BCUT2D eigenvalue weighted by molar-refractivity contribution is 6.39. The fourth-order valence-electron chi connectivity index (χ4n) is 3.36. The second-order valence-corrected chi connectivity index (χ2v) is 6.30. The Balaban J connectivity index is 1.72. The number of nitrogens with one attached hydrogen (secondary N) is 2. The number of rotatable bonds is 6. The molecule has 0 aliphatic carbocycles. The highest BCUT2D eigenvalue weighted by Crippen LogP contribution is 2.31. The summed E-state index contributed by atoms with van der Waals surface area (Å²) in [5.74, 6) is 0.454. The smallest absolute Gasteiger partial charge is 0.267 e. The Morgan fingerprint density at radius 3 is 2.76 bits per heavy atom. The number of likely N-dealkylation sites (tertiary alicyclic amines) is 1. The number of hydrazone groups is 1. The van der Waals surface area contributed by atoms with Crippen molar-refractivity contribution in [3.05, 3.63) is 29.8 Å². The number of para-hydroxylation sites is 1. The largest absolute Gasteiger partial charge is 0.496 e. The second kappa shape index (κ2) is 8.11. The zero-order chi connectivity index (χ0) is 17.6. The summed E-state index contributed by atoms with van der Waals surface area (Å²) >= 11 is 0. The van der Waals surface area contributed by atoms with E-state index in [9.17, 15) is 9.59 Å². The molecule has 7 heteroatoms. The van der Waals surface area contributed by atoms with E-state index in [-0.39, 0.29) is 17.9 Å². The van der Waals surface area contributed by atoms with Crippen LogP contribution in [0.3, 0.4) is 0 Å². The van der Waals surface area contributed by atoms with Crippen LogP contribution < -0.4 is 15.5 Å². The number of ether oxygens (including phenoxy) is 1. The molecule has 1 saturated heterocycles. The number of methoxy groups -OCH3 is 1. The molecule has 0 bridgehead atoms. The Bertz CT molecular complexity index is 668. The molecule has 25 heavy (non-hydrogen) atoms. The number of nitrogens with zero attached hydrogens (tertiary/aromatic N) is 2. The molecular formula is C18H24N4O3. The van der Waals surface area contributed by atoms with Crippen molar-refractivity contribution < 1.29 is 14.3 Å². The number of hydrogen-bond acceptors (Lipinski definition) is 5. The third kappa shape index (κ3) is 4.17. The molecule has 2 N–H and O–H groups in total. The van der Waals surface area contributed by atoms with E-state index in [2.05, 4.69) is 20.7 Å². The number of hydrogen-bond donors (Lipinski definition) is 2. The van der Waals surface area contributed by atoms with Crippen molar-refractivity contribution in [1.82, 2.24) is 15.6 Å². The van der Waals surface area contributed by atoms with Crippen LogP contribution in [0.4, 0.5) is 0 Å². The molecule has 2 amide bonds. The molecule has 0 aromatic heterocycles. The van der Waals surface area contributed by atoms with Crippen LogP contribution in [0.5, 0.6) is 5.75 Å². The van der Waals surface area contributed by atoms with E-state index < -0.39 is 0 Å². The van der Waals surface area contributed by atoms with Crippen LogP contribution in [0.2, 0.25) is 0 Å². The lowest BCUT2D eigenvalue weighted by Crippen LogP contribution is -2.41. The highest BCUT2D eigenvalue weighted by Gasteiger charge is 2.27. The third-order valence-electron chi connectivity index (χ3n) is 4.70. The Kier molecular flexibility index (Phi) is 5.65. The van der Waals surface area contributed by atoms with Gasteiger partial charge in [-0.1, -0.05) is 18.2 Å². The Labute approximate surface area is 147 Å². The number of carbonyl (C=O) groups is 2. The van der Waals surface area contributed by atoms with Gasteiger partial charge in [0.2, 0.25) is 5.91 Å². The van der Waals surface area contributed by atoms with E-state index in [0.717, 1.165) is 24.4 Å². The van der Waals surface area contributed by atoms with Crippen molar-refractivity contribution in [2.24, 2.45) is 5.10 Å². The minimum atomic E-state index is -0.223. The molecule has 1 aromatic carbocycles. The van der Waals surface area contributed by atoms with Gasteiger partial charge in [-0.3, -0.25) is 14.5 Å². The van der Waals surface area contributed by atoms with E-state index in [0.29, 0.717) is 25.1 Å². The van der Waals surface area contributed by atoms with Gasteiger partial charge >= 0.3 is 0 Å². The lowest BCUT2D eigenvalue weighted by molar-refractivity contribution is -0.121. The Hall–Kier alpha value is -2.41. The van der Waals surface area contributed by atoms with Gasteiger partial charge in [-0.05, 0) is 32.0 Å². The molecule has 1 unspecified atom stereocenters. The Morgan fingerprint density at radius 1 is 1.32 bits per heavy atom. The van der Waals surface area contributed by atoms with Crippen LogP contribution in [-0.2, 0) is 9.59 Å². The fourth-order valence-corrected chi connectivity index (χ4v) is 3.36. The zero-order valence-electron chi connectivity index (χ0n) is 14.5. The van der Waals surface area contributed by atoms with Gasteiger partial charge in [0.1, 0.15) is 11.5 Å². The molecule has 0 spiro atoms. The standard InChI is InChI=1S/C18H24N4O3/c1-25-16-7-3-2-6-13(16)15(22-10-4-5-11-22)12-19-18(24)14-8-9-17(23)21-20-14/h2-3,6-7,15H,4-5,8-12H2,1H3,(H,19,24)(H,21,23). The molecule has 1 fully saturated rings. The van der Waals surface area contributed by atoms with Crippen LogP contribution in [0.15, 0.2) is 29.4 Å². The summed E-state index contributed by atoms with van der Waals surface area (Å²) in [6, 6.07) is 7.99. The van der Waals surface area contributed by atoms with Gasteiger partial charge in [0.25, 0.3) is 5.91 Å². The van der Waals surface area contributed by atoms with Crippen molar-refractivity contribution in [3.63, 3.8) is 0 Å². The average Bonchev–Trinajstić information content (AvgIpc) is 3.17. The molecule has 2 heterocycles. The van der Waals surface area contributed by atoms with Gasteiger partial charge in [0, 0.05) is 24.9 Å². The van der Waals surface area contributed by atoms with Gasteiger partial charge in [0.15, 0.2) is 0 Å². The van der Waals surface area contributed by atoms with Crippen LogP contribution >= 0.6 is 0 Å². The summed E-state index contributed by atoms with van der Waals surface area (Å²) in [5, 5.41) is 6.83. The molecule has 3 rings (SSSR count). The van der Waals surface area contributed by atoms with Gasteiger partial charge < -0.3 is 10.1 Å². The van der Waals surface area contributed by atoms with Crippen molar-refractivity contribution >= 4 is 17.5 Å². The normalized spacial score (nSPS) is 19.1. The maximum atomic E-state index is 12.4. The minimum Gasteiger partial charge on any atom is -0.496 e. The molecule has 2 aliphatic heterocycles. The maximum Gasteiger partial charge on any atom is 0.267 e. The van der Waals surface area contributed by atoms with E-state index in [1.807, 2.05) is 24.3 Å². The van der Waals surface area contributed by atoms with Crippen molar-refractivity contribution in [2.75, 3.05) is 26.7 Å². The summed E-state index contributed by atoms with van der Waals surface area (Å²) in [7, 11) is 1.66. The lowest BCUT2D eigenvalue weighted by Gasteiger charge is -2.29. The van der Waals surface area contributed by atoms with Gasteiger partial charge in [0.05, 0.1) is 13.2 Å². The van der Waals surface area contributed by atoms with Crippen LogP contribution in [0.1, 0.15) is 37.3 Å². The van der Waals surface area contributed by atoms with Crippen molar-refractivity contribution in [1.29, 1.82) is 0 Å². The van der Waals surface area contributed by atoms with Crippen molar-refractivity contribution in [3.8, 4) is 5.75 Å². The molecule has 0 saturated carbocycles. The van der Waals surface area contributed by atoms with E-state index >= 15 is 0 Å². The molecule has 0 radical (unpaired) electrons. The molecule has 7 nitrogen and oxygen atoms in total. The molecule has 1 aromatic rings. The SMILES string of the molecule is COc1ccccc1C(CNC(=O)C1=NNC(=O)CC1)N1CCCC1. The van der Waals surface area contributed by atoms with Crippen LogP contribution in [0.25, 0.3) is 0 Å². The lowest BCUT2D eigenvalue weighted by atomic mass is 10.0. The summed E-state index contributed by atoms with van der Waals surface area (Å²) in [5.41, 5.74) is 3.81. The molecule has 134 valence electrons. The maximum absolute atomic E-state index is 12.4. The quantitative estimate of drug-likeness (QED) is 0.813. The van der Waals surface area contributed by atoms with Crippen molar-refractivity contribution in [2.45, 2.75) is 31.7 Å². The average molecular weight is 344 g/mol. The first-order valence-electron chi connectivity index (χ1n) is 8.69. The number of benzene rings is 1.